The third-order valence-corrected chi connectivity index (χ3v) is 7.04. The number of hydrogen-bond donors (Lipinski definition) is 2. The molecule has 9 nitrogen and oxygen atoms in total. The quantitative estimate of drug-likeness (QED) is 0.303. The number of halogens is 1. The van der Waals surface area contributed by atoms with Gasteiger partial charge < -0.3 is 24.8 Å². The third kappa shape index (κ3) is 6.26. The molecular weight excluding hydrogens is 521 g/mol. The van der Waals surface area contributed by atoms with Crippen LogP contribution in [0.4, 0.5) is 4.79 Å². The number of hydrogen-bond acceptors (Lipinski definition) is 5. The second-order valence-electron chi connectivity index (χ2n) is 9.05. The minimum Gasteiger partial charge on any atom is -0.450 e. The first-order chi connectivity index (χ1) is 15.2. The number of nitrogens with zero attached hydrogens (tertiary/aromatic N) is 5. The second kappa shape index (κ2) is 12.0. The van der Waals surface area contributed by atoms with E-state index in [1.807, 2.05) is 6.92 Å². The van der Waals surface area contributed by atoms with Crippen molar-refractivity contribution in [3.8, 4) is 0 Å². The number of aryl methyl sites for hydroxylation is 1. The van der Waals surface area contributed by atoms with Gasteiger partial charge in [0, 0.05) is 38.1 Å². The topological polar surface area (TPSA) is 96.7 Å². The highest BCUT2D eigenvalue weighted by molar-refractivity contribution is 14.0. The van der Waals surface area contributed by atoms with Gasteiger partial charge in [-0.05, 0) is 50.9 Å². The molecule has 1 aromatic heterocycles. The molecule has 2 bridgehead atoms. The van der Waals surface area contributed by atoms with Crippen LogP contribution in [0.2, 0.25) is 0 Å². The molecule has 3 unspecified atom stereocenters. The van der Waals surface area contributed by atoms with Crippen LogP contribution in [-0.2, 0) is 17.7 Å². The van der Waals surface area contributed by atoms with Gasteiger partial charge in [0.25, 0.3) is 0 Å². The predicted octanol–water partition coefficient (Wildman–Crippen LogP) is 2.80. The number of amides is 1. The monoisotopic (exact) mass is 559 g/mol. The van der Waals surface area contributed by atoms with E-state index >= 15 is 0 Å². The molecule has 2 aliphatic carbocycles. The van der Waals surface area contributed by atoms with Crippen LogP contribution >= 0.6 is 24.0 Å². The lowest BCUT2D eigenvalue weighted by molar-refractivity contribution is 0.0963. The maximum atomic E-state index is 12.0. The average molecular weight is 559 g/mol. The SMILES string of the molecule is CCOC(=O)N1CCC(NC(=NCCn2cnnc2CC)NC2CC3CCC2C3)CC1.I. The Labute approximate surface area is 208 Å². The molecule has 1 aliphatic heterocycles. The highest BCUT2D eigenvalue weighted by Crippen LogP contribution is 2.44. The molecule has 0 aromatic carbocycles. The summed E-state index contributed by atoms with van der Waals surface area (Å²) in [6.07, 6.45) is 9.63. The summed E-state index contributed by atoms with van der Waals surface area (Å²) in [6, 6.07) is 0.849. The normalized spacial score (nSPS) is 25.5. The molecule has 2 N–H and O–H groups in total. The smallest absolute Gasteiger partial charge is 0.409 e. The predicted molar refractivity (Wildman–Crippen MR) is 134 cm³/mol. The highest BCUT2D eigenvalue weighted by atomic mass is 127. The summed E-state index contributed by atoms with van der Waals surface area (Å²) in [5.74, 6) is 3.59. The molecule has 1 saturated heterocycles. The fourth-order valence-corrected chi connectivity index (χ4v) is 5.35. The van der Waals surface area contributed by atoms with Crippen molar-refractivity contribution in [3.05, 3.63) is 12.2 Å². The van der Waals surface area contributed by atoms with Gasteiger partial charge in [-0.15, -0.1) is 34.2 Å². The lowest BCUT2D eigenvalue weighted by Gasteiger charge is -2.33. The van der Waals surface area contributed by atoms with Gasteiger partial charge in [0.05, 0.1) is 13.2 Å². The van der Waals surface area contributed by atoms with Gasteiger partial charge in [-0.1, -0.05) is 13.3 Å². The lowest BCUT2D eigenvalue weighted by Crippen LogP contribution is -2.52. The van der Waals surface area contributed by atoms with Crippen LogP contribution in [0.1, 0.15) is 58.2 Å². The first-order valence-corrected chi connectivity index (χ1v) is 12.0. The number of aromatic nitrogens is 3. The maximum absolute atomic E-state index is 12.0. The zero-order valence-electron chi connectivity index (χ0n) is 19.3. The molecule has 3 aliphatic rings. The fraction of sp³-hybridized carbons (Fsp3) is 0.818. The molecule has 4 rings (SSSR count). The van der Waals surface area contributed by atoms with Crippen molar-refractivity contribution < 1.29 is 9.53 Å². The van der Waals surface area contributed by atoms with Gasteiger partial charge in [-0.25, -0.2) is 4.79 Å². The molecule has 2 heterocycles. The van der Waals surface area contributed by atoms with Gasteiger partial charge in [0.2, 0.25) is 0 Å². The summed E-state index contributed by atoms with van der Waals surface area (Å²) in [7, 11) is 0. The van der Waals surface area contributed by atoms with Crippen molar-refractivity contribution in [3.63, 3.8) is 0 Å². The lowest BCUT2D eigenvalue weighted by atomic mass is 9.95. The molecule has 32 heavy (non-hydrogen) atoms. The van der Waals surface area contributed by atoms with E-state index in [1.54, 1.807) is 11.2 Å². The average Bonchev–Trinajstić information content (AvgIpc) is 3.51. The molecule has 0 radical (unpaired) electrons. The zero-order valence-corrected chi connectivity index (χ0v) is 21.7. The van der Waals surface area contributed by atoms with E-state index in [0.717, 1.165) is 62.5 Å². The van der Waals surface area contributed by atoms with Crippen molar-refractivity contribution in [2.45, 2.75) is 77.4 Å². The number of likely N-dealkylation sites (tertiary alicyclic amines) is 1. The summed E-state index contributed by atoms with van der Waals surface area (Å²) in [4.78, 5) is 18.7. The summed E-state index contributed by atoms with van der Waals surface area (Å²) in [5.41, 5.74) is 0. The van der Waals surface area contributed by atoms with Crippen LogP contribution in [0.3, 0.4) is 0 Å². The van der Waals surface area contributed by atoms with Gasteiger partial charge in [-0.3, -0.25) is 4.99 Å². The first-order valence-electron chi connectivity index (χ1n) is 12.0. The summed E-state index contributed by atoms with van der Waals surface area (Å²) >= 11 is 0. The van der Waals surface area contributed by atoms with Crippen LogP contribution in [0.25, 0.3) is 0 Å². The Morgan fingerprint density at radius 1 is 1.19 bits per heavy atom. The van der Waals surface area contributed by atoms with Gasteiger partial charge >= 0.3 is 6.09 Å². The number of piperidine rings is 1. The number of carbonyl (C=O) groups is 1. The molecule has 10 heteroatoms. The van der Waals surface area contributed by atoms with Crippen molar-refractivity contribution in [1.29, 1.82) is 0 Å². The van der Waals surface area contributed by atoms with E-state index in [-0.39, 0.29) is 30.1 Å². The number of fused-ring (bicyclic) bond motifs is 2. The van der Waals surface area contributed by atoms with Gasteiger partial charge in [-0.2, -0.15) is 0 Å². The zero-order chi connectivity index (χ0) is 21.6. The van der Waals surface area contributed by atoms with Crippen LogP contribution in [0.5, 0.6) is 0 Å². The van der Waals surface area contributed by atoms with Crippen LogP contribution < -0.4 is 10.6 Å². The number of guanidine groups is 1. The van der Waals surface area contributed by atoms with E-state index in [9.17, 15) is 4.79 Å². The molecule has 0 spiro atoms. The first kappa shape index (κ1) is 25.0. The molecule has 180 valence electrons. The Kier molecular flexibility index (Phi) is 9.42. The standard InChI is InChI=1S/C22H37N7O2.HI/c1-3-20-27-24-15-29(20)12-9-23-21(26-19-14-16-5-6-17(19)13-16)25-18-7-10-28(11-8-18)22(30)31-4-2;/h15-19H,3-14H2,1-2H3,(H2,23,25,26);1H. The molecular formula is C22H38IN7O2. The number of aliphatic imine (C=N–C) groups is 1. The van der Waals surface area contributed by atoms with E-state index in [1.165, 1.54) is 25.7 Å². The van der Waals surface area contributed by atoms with Crippen LogP contribution in [0.15, 0.2) is 11.3 Å². The summed E-state index contributed by atoms with van der Waals surface area (Å²) in [5, 5.41) is 15.6. The van der Waals surface area contributed by atoms with Crippen LogP contribution in [-0.4, -0.2) is 70.0 Å². The van der Waals surface area contributed by atoms with E-state index in [2.05, 4.69) is 32.3 Å². The van der Waals surface area contributed by atoms with Crippen molar-refractivity contribution >= 4 is 36.0 Å². The molecule has 1 aromatic rings. The van der Waals surface area contributed by atoms with Crippen molar-refractivity contribution in [2.75, 3.05) is 26.2 Å². The third-order valence-electron chi connectivity index (χ3n) is 7.04. The minimum absolute atomic E-state index is 0. The Bertz CT molecular complexity index is 763. The van der Waals surface area contributed by atoms with Gasteiger partial charge in [0.1, 0.15) is 12.2 Å². The Hall–Kier alpha value is -1.59. The minimum atomic E-state index is -0.199. The molecule has 3 fully saturated rings. The van der Waals surface area contributed by atoms with Crippen LogP contribution in [0, 0.1) is 11.8 Å². The summed E-state index contributed by atoms with van der Waals surface area (Å²) < 4.78 is 7.22. The maximum Gasteiger partial charge on any atom is 0.409 e. The number of ether oxygens (including phenoxy) is 1. The fourth-order valence-electron chi connectivity index (χ4n) is 5.35. The molecule has 2 saturated carbocycles. The molecule has 1 amide bonds. The van der Waals surface area contributed by atoms with Crippen molar-refractivity contribution in [2.24, 2.45) is 16.8 Å². The molecule has 3 atom stereocenters. The van der Waals surface area contributed by atoms with Crippen molar-refractivity contribution in [1.82, 2.24) is 30.3 Å². The number of carbonyl (C=O) groups excluding carboxylic acids is 1. The largest absolute Gasteiger partial charge is 0.450 e. The highest BCUT2D eigenvalue weighted by Gasteiger charge is 2.40. The van der Waals surface area contributed by atoms with E-state index in [0.29, 0.717) is 25.2 Å². The van der Waals surface area contributed by atoms with E-state index in [4.69, 9.17) is 9.73 Å². The Morgan fingerprint density at radius 2 is 2.00 bits per heavy atom. The Morgan fingerprint density at radius 3 is 2.66 bits per heavy atom. The van der Waals surface area contributed by atoms with E-state index < -0.39 is 0 Å². The van der Waals surface area contributed by atoms with Gasteiger partial charge in [0.15, 0.2) is 5.96 Å². The number of rotatable bonds is 7. The number of nitrogens with one attached hydrogen (secondary N) is 2. The Balaban J connectivity index is 0.00000289. The summed E-state index contributed by atoms with van der Waals surface area (Å²) in [6.45, 7) is 7.27. The second-order valence-corrected chi connectivity index (χ2v) is 9.05.